The minimum Gasteiger partial charge on any atom is -0.486 e. The number of aromatic nitrogens is 1. The number of benzene rings is 3. The van der Waals surface area contributed by atoms with Gasteiger partial charge in [0.05, 0.1) is 5.52 Å². The Labute approximate surface area is 232 Å². The molecule has 2 N–H and O–H groups in total. The van der Waals surface area contributed by atoms with Crippen molar-refractivity contribution in [2.45, 2.75) is 19.4 Å². The van der Waals surface area contributed by atoms with Crippen molar-refractivity contribution in [2.75, 3.05) is 44.0 Å². The Morgan fingerprint density at radius 2 is 1.68 bits per heavy atom. The maximum absolute atomic E-state index is 13.2. The zero-order valence-corrected chi connectivity index (χ0v) is 22.4. The molecule has 204 valence electrons. The maximum atomic E-state index is 13.2. The van der Waals surface area contributed by atoms with Crippen LogP contribution in [-0.4, -0.2) is 61.2 Å². The highest BCUT2D eigenvalue weighted by molar-refractivity contribution is 6.08. The number of fused-ring (bicyclic) bond motifs is 2. The van der Waals surface area contributed by atoms with Crippen LogP contribution in [0.15, 0.2) is 66.7 Å². The molecule has 9 heteroatoms. The Morgan fingerprint density at radius 1 is 0.900 bits per heavy atom. The highest BCUT2D eigenvalue weighted by Crippen LogP contribution is 2.31. The van der Waals surface area contributed by atoms with Gasteiger partial charge in [-0.05, 0) is 80.6 Å². The monoisotopic (exact) mass is 538 g/mol. The zero-order valence-electron chi connectivity index (χ0n) is 22.4. The number of pyridine rings is 1. The van der Waals surface area contributed by atoms with Crippen LogP contribution in [0.3, 0.4) is 0 Å². The van der Waals surface area contributed by atoms with Crippen molar-refractivity contribution in [1.82, 2.24) is 9.88 Å². The van der Waals surface area contributed by atoms with E-state index in [9.17, 15) is 9.59 Å². The summed E-state index contributed by atoms with van der Waals surface area (Å²) in [5, 5.41) is 6.71. The molecule has 0 spiro atoms. The van der Waals surface area contributed by atoms with E-state index in [1.165, 1.54) is 0 Å². The fourth-order valence-corrected chi connectivity index (χ4v) is 4.89. The summed E-state index contributed by atoms with van der Waals surface area (Å²) in [6.07, 6.45) is 1.13. The summed E-state index contributed by atoms with van der Waals surface area (Å²) in [7, 11) is 2.08. The lowest BCUT2D eigenvalue weighted by molar-refractivity contribution is 0.101. The lowest BCUT2D eigenvalue weighted by Gasteiger charge is -2.18. The van der Waals surface area contributed by atoms with Gasteiger partial charge in [0.15, 0.2) is 11.5 Å². The van der Waals surface area contributed by atoms with Crippen molar-refractivity contribution in [3.8, 4) is 17.4 Å². The van der Waals surface area contributed by atoms with E-state index in [2.05, 4.69) is 27.6 Å². The van der Waals surface area contributed by atoms with Crippen LogP contribution >= 0.6 is 0 Å². The Morgan fingerprint density at radius 3 is 2.50 bits per heavy atom. The molecular weight excluding hydrogens is 508 g/mol. The van der Waals surface area contributed by atoms with Gasteiger partial charge in [-0.2, -0.15) is 0 Å². The molecule has 1 aromatic heterocycles. The molecule has 2 aliphatic heterocycles. The summed E-state index contributed by atoms with van der Waals surface area (Å²) in [6, 6.07) is 19.6. The van der Waals surface area contributed by atoms with Gasteiger partial charge in [-0.25, -0.2) is 4.98 Å². The number of amides is 2. The third-order valence-electron chi connectivity index (χ3n) is 7.11. The maximum Gasteiger partial charge on any atom is 0.255 e. The number of nitrogens with one attached hydrogen (secondary N) is 2. The number of hydrogen-bond donors (Lipinski definition) is 2. The Kier molecular flexibility index (Phi) is 6.96. The van der Waals surface area contributed by atoms with Gasteiger partial charge in [0, 0.05) is 47.0 Å². The molecule has 1 saturated heterocycles. The zero-order chi connectivity index (χ0) is 27.6. The van der Waals surface area contributed by atoms with Crippen molar-refractivity contribution < 1.29 is 23.8 Å². The molecule has 1 fully saturated rings. The van der Waals surface area contributed by atoms with Crippen LogP contribution in [0.5, 0.6) is 17.4 Å². The quantitative estimate of drug-likeness (QED) is 0.360. The van der Waals surface area contributed by atoms with E-state index in [-0.39, 0.29) is 17.9 Å². The number of aryl methyl sites for hydroxylation is 1. The van der Waals surface area contributed by atoms with Gasteiger partial charge in [0.1, 0.15) is 19.3 Å². The largest absolute Gasteiger partial charge is 0.486 e. The fraction of sp³-hybridized carbons (Fsp3) is 0.258. The Balaban J connectivity index is 1.14. The summed E-state index contributed by atoms with van der Waals surface area (Å²) in [5.41, 5.74) is 3.75. The van der Waals surface area contributed by atoms with E-state index in [1.807, 2.05) is 37.3 Å². The predicted octanol–water partition coefficient (Wildman–Crippen LogP) is 4.90. The number of carbonyl (C=O) groups is 2. The molecule has 1 unspecified atom stereocenters. The first-order valence-electron chi connectivity index (χ1n) is 13.3. The summed E-state index contributed by atoms with van der Waals surface area (Å²) in [6.45, 7) is 4.74. The van der Waals surface area contributed by atoms with Crippen LogP contribution in [-0.2, 0) is 0 Å². The minimum absolute atomic E-state index is 0.144. The Bertz CT molecular complexity index is 1600. The molecule has 3 heterocycles. The molecule has 0 saturated carbocycles. The topological polar surface area (TPSA) is 102 Å². The van der Waals surface area contributed by atoms with Gasteiger partial charge in [0.25, 0.3) is 11.8 Å². The van der Waals surface area contributed by atoms with Gasteiger partial charge in [-0.3, -0.25) is 9.59 Å². The summed E-state index contributed by atoms with van der Waals surface area (Å²) in [4.78, 5) is 32.9. The molecule has 9 nitrogen and oxygen atoms in total. The molecule has 2 aliphatic rings. The number of carbonyl (C=O) groups excluding carboxylic acids is 2. The first-order chi connectivity index (χ1) is 19.4. The number of nitrogens with zero attached hydrogens (tertiary/aromatic N) is 2. The lowest BCUT2D eigenvalue weighted by Crippen LogP contribution is -2.21. The number of anilines is 2. The highest BCUT2D eigenvalue weighted by Gasteiger charge is 2.21. The van der Waals surface area contributed by atoms with Gasteiger partial charge in [-0.15, -0.1) is 0 Å². The van der Waals surface area contributed by atoms with E-state index >= 15 is 0 Å². The van der Waals surface area contributed by atoms with Gasteiger partial charge in [0.2, 0.25) is 5.88 Å². The van der Waals surface area contributed by atoms with Crippen molar-refractivity contribution >= 4 is 34.1 Å². The minimum atomic E-state index is -0.288. The predicted molar refractivity (Wildman–Crippen MR) is 153 cm³/mol. The second-order valence-corrected chi connectivity index (χ2v) is 10.1. The van der Waals surface area contributed by atoms with E-state index in [4.69, 9.17) is 14.2 Å². The molecule has 3 aromatic carbocycles. The van der Waals surface area contributed by atoms with Crippen LogP contribution in [0.4, 0.5) is 11.4 Å². The normalized spacial score (nSPS) is 16.5. The van der Waals surface area contributed by atoms with Crippen LogP contribution in [0.2, 0.25) is 0 Å². The summed E-state index contributed by atoms with van der Waals surface area (Å²) < 4.78 is 17.2. The van der Waals surface area contributed by atoms with Gasteiger partial charge in [-0.1, -0.05) is 6.07 Å². The number of ether oxygens (including phenoxy) is 3. The first kappa shape index (κ1) is 25.6. The number of rotatable bonds is 6. The average molecular weight is 539 g/mol. The molecule has 1 atom stereocenters. The summed E-state index contributed by atoms with van der Waals surface area (Å²) in [5.74, 6) is 1.22. The van der Waals surface area contributed by atoms with Crippen LogP contribution in [0.25, 0.3) is 10.9 Å². The van der Waals surface area contributed by atoms with E-state index in [0.717, 1.165) is 36.0 Å². The van der Waals surface area contributed by atoms with Crippen molar-refractivity contribution in [3.05, 3.63) is 83.4 Å². The number of likely N-dealkylation sites (N-methyl/N-ethyl adjacent to an activating group) is 1. The van der Waals surface area contributed by atoms with Crippen molar-refractivity contribution in [2.24, 2.45) is 0 Å². The van der Waals surface area contributed by atoms with E-state index in [0.29, 0.717) is 53.1 Å². The second kappa shape index (κ2) is 10.9. The van der Waals surface area contributed by atoms with Crippen LogP contribution in [0, 0.1) is 6.92 Å². The molecule has 0 bridgehead atoms. The molecule has 2 amide bonds. The van der Waals surface area contributed by atoms with Crippen LogP contribution in [0.1, 0.15) is 32.7 Å². The number of likely N-dealkylation sites (tertiary alicyclic amines) is 1. The molecular formula is C31H30N4O5. The third-order valence-corrected chi connectivity index (χ3v) is 7.11. The lowest BCUT2D eigenvalue weighted by atomic mass is 10.1. The van der Waals surface area contributed by atoms with Crippen molar-refractivity contribution in [1.29, 1.82) is 0 Å². The Hall–Kier alpha value is -4.63. The second-order valence-electron chi connectivity index (χ2n) is 10.1. The molecule has 0 radical (unpaired) electrons. The van der Waals surface area contributed by atoms with Gasteiger partial charge < -0.3 is 29.7 Å². The number of hydrogen-bond acceptors (Lipinski definition) is 7. The summed E-state index contributed by atoms with van der Waals surface area (Å²) >= 11 is 0. The standard InChI is InChI=1S/C31H30N4O5/c1-19-3-7-23(32-30(36)22-5-9-27-28(16-22)39-14-13-38-27)17-26(19)34-31(37)21-4-8-25-20(15-21)6-10-29(33-25)40-24-11-12-35(2)18-24/h3-10,15-17,24H,11-14,18H2,1-2H3,(H,32,36)(H,34,37). The molecule has 40 heavy (non-hydrogen) atoms. The third kappa shape index (κ3) is 5.55. The SMILES string of the molecule is Cc1ccc(NC(=O)c2ccc3c(c2)OCCO3)cc1NC(=O)c1ccc2nc(OC3CCN(C)C3)ccc2c1. The van der Waals surface area contributed by atoms with Crippen molar-refractivity contribution in [3.63, 3.8) is 0 Å². The molecule has 4 aromatic rings. The smallest absolute Gasteiger partial charge is 0.255 e. The molecule has 6 rings (SSSR count). The average Bonchev–Trinajstić information content (AvgIpc) is 3.38. The van der Waals surface area contributed by atoms with E-state index < -0.39 is 0 Å². The molecule has 0 aliphatic carbocycles. The van der Waals surface area contributed by atoms with Gasteiger partial charge >= 0.3 is 0 Å². The van der Waals surface area contributed by atoms with Crippen LogP contribution < -0.4 is 24.8 Å². The first-order valence-corrected chi connectivity index (χ1v) is 13.3. The highest BCUT2D eigenvalue weighted by atomic mass is 16.6. The fourth-order valence-electron chi connectivity index (χ4n) is 4.89. The van der Waals surface area contributed by atoms with E-state index in [1.54, 1.807) is 36.4 Å².